The zero-order chi connectivity index (χ0) is 13.1. The molecule has 0 aromatic heterocycles. The Bertz CT molecular complexity index is 371. The molecule has 0 aliphatic rings. The first-order valence-corrected chi connectivity index (χ1v) is 6.79. The molecular formula is C14H21BrFN. The molecule has 1 aromatic carbocycles. The van der Waals surface area contributed by atoms with Gasteiger partial charge in [0.25, 0.3) is 0 Å². The molecule has 0 aliphatic heterocycles. The first-order valence-electron chi connectivity index (χ1n) is 6.00. The van der Waals surface area contributed by atoms with Gasteiger partial charge in [-0.1, -0.05) is 36.7 Å². The highest BCUT2D eigenvalue weighted by Crippen LogP contribution is 2.24. The Kier molecular flexibility index (Phi) is 5.14. The van der Waals surface area contributed by atoms with Crippen LogP contribution in [0.25, 0.3) is 0 Å². The standard InChI is InChI=1S/C14H21BrFN/c1-14(2,3)13(17)6-4-5-10-9-11(16)7-8-12(10)15/h7-9,13H,4-6,17H2,1-3H3. The maximum absolute atomic E-state index is 13.1. The molecule has 1 unspecified atom stereocenters. The van der Waals surface area contributed by atoms with E-state index in [-0.39, 0.29) is 17.3 Å². The van der Waals surface area contributed by atoms with Crippen LogP contribution >= 0.6 is 15.9 Å². The highest BCUT2D eigenvalue weighted by Gasteiger charge is 2.19. The van der Waals surface area contributed by atoms with Crippen LogP contribution in [0.4, 0.5) is 4.39 Å². The third kappa shape index (κ3) is 4.76. The highest BCUT2D eigenvalue weighted by atomic mass is 79.9. The van der Waals surface area contributed by atoms with E-state index in [1.54, 1.807) is 12.1 Å². The van der Waals surface area contributed by atoms with Gasteiger partial charge in [0.15, 0.2) is 0 Å². The summed E-state index contributed by atoms with van der Waals surface area (Å²) in [4.78, 5) is 0. The minimum atomic E-state index is -0.177. The van der Waals surface area contributed by atoms with E-state index in [2.05, 4.69) is 36.7 Å². The summed E-state index contributed by atoms with van der Waals surface area (Å²) in [7, 11) is 0. The van der Waals surface area contributed by atoms with Gasteiger partial charge in [0.1, 0.15) is 5.82 Å². The van der Waals surface area contributed by atoms with Gasteiger partial charge in [-0.25, -0.2) is 4.39 Å². The molecule has 0 radical (unpaired) electrons. The van der Waals surface area contributed by atoms with Gasteiger partial charge in [-0.05, 0) is 48.4 Å². The molecule has 2 N–H and O–H groups in total. The molecule has 0 amide bonds. The second-order valence-corrected chi connectivity index (χ2v) is 6.45. The summed E-state index contributed by atoms with van der Waals surface area (Å²) < 4.78 is 14.1. The van der Waals surface area contributed by atoms with Crippen LogP contribution in [0, 0.1) is 11.2 Å². The van der Waals surface area contributed by atoms with Crippen molar-refractivity contribution < 1.29 is 4.39 Å². The van der Waals surface area contributed by atoms with Gasteiger partial charge in [0.2, 0.25) is 0 Å². The van der Waals surface area contributed by atoms with Crippen LogP contribution in [0.1, 0.15) is 39.2 Å². The fourth-order valence-corrected chi connectivity index (χ4v) is 2.13. The van der Waals surface area contributed by atoms with Crippen molar-refractivity contribution in [3.63, 3.8) is 0 Å². The SMILES string of the molecule is CC(C)(C)C(N)CCCc1cc(F)ccc1Br. The summed E-state index contributed by atoms with van der Waals surface area (Å²) in [6, 6.07) is 5.00. The largest absolute Gasteiger partial charge is 0.327 e. The molecule has 1 rings (SSSR count). The minimum absolute atomic E-state index is 0.138. The van der Waals surface area contributed by atoms with Crippen LogP contribution in [0.5, 0.6) is 0 Å². The molecule has 1 atom stereocenters. The van der Waals surface area contributed by atoms with Crippen molar-refractivity contribution in [3.8, 4) is 0 Å². The van der Waals surface area contributed by atoms with E-state index < -0.39 is 0 Å². The molecule has 0 saturated carbocycles. The van der Waals surface area contributed by atoms with Crippen LogP contribution in [-0.4, -0.2) is 6.04 Å². The Labute approximate surface area is 112 Å². The highest BCUT2D eigenvalue weighted by molar-refractivity contribution is 9.10. The van der Waals surface area contributed by atoms with Gasteiger partial charge in [-0.15, -0.1) is 0 Å². The smallest absolute Gasteiger partial charge is 0.123 e. The van der Waals surface area contributed by atoms with E-state index in [0.717, 1.165) is 29.3 Å². The summed E-state index contributed by atoms with van der Waals surface area (Å²) >= 11 is 3.44. The van der Waals surface area contributed by atoms with E-state index in [9.17, 15) is 4.39 Å². The summed E-state index contributed by atoms with van der Waals surface area (Å²) in [6.07, 6.45) is 2.81. The maximum Gasteiger partial charge on any atom is 0.123 e. The molecule has 0 aliphatic carbocycles. The first kappa shape index (κ1) is 14.7. The molecular weight excluding hydrogens is 281 g/mol. The summed E-state index contributed by atoms with van der Waals surface area (Å²) in [6.45, 7) is 6.45. The Hall–Kier alpha value is -0.410. The maximum atomic E-state index is 13.1. The first-order chi connectivity index (χ1) is 7.80. The molecule has 0 saturated heterocycles. The van der Waals surface area contributed by atoms with E-state index in [4.69, 9.17) is 5.73 Å². The minimum Gasteiger partial charge on any atom is -0.327 e. The van der Waals surface area contributed by atoms with Crippen molar-refractivity contribution in [2.45, 2.75) is 46.1 Å². The number of rotatable bonds is 4. The molecule has 0 spiro atoms. The quantitative estimate of drug-likeness (QED) is 0.882. The second-order valence-electron chi connectivity index (χ2n) is 5.60. The summed E-state index contributed by atoms with van der Waals surface area (Å²) in [5.41, 5.74) is 7.25. The van der Waals surface area contributed by atoms with Gasteiger partial charge in [-0.3, -0.25) is 0 Å². The van der Waals surface area contributed by atoms with Gasteiger partial charge in [0.05, 0.1) is 0 Å². The average Bonchev–Trinajstić information content (AvgIpc) is 2.21. The predicted octanol–water partition coefficient (Wildman–Crippen LogP) is 4.28. The van der Waals surface area contributed by atoms with Crippen LogP contribution in [0.3, 0.4) is 0 Å². The zero-order valence-corrected chi connectivity index (χ0v) is 12.3. The number of benzene rings is 1. The number of hydrogen-bond acceptors (Lipinski definition) is 1. The van der Waals surface area contributed by atoms with Crippen molar-refractivity contribution in [1.29, 1.82) is 0 Å². The molecule has 0 fully saturated rings. The molecule has 3 heteroatoms. The molecule has 0 heterocycles. The monoisotopic (exact) mass is 301 g/mol. The van der Waals surface area contributed by atoms with Gasteiger partial charge < -0.3 is 5.73 Å². The van der Waals surface area contributed by atoms with Crippen LogP contribution in [-0.2, 0) is 6.42 Å². The Morgan fingerprint density at radius 3 is 2.59 bits per heavy atom. The summed E-state index contributed by atoms with van der Waals surface area (Å²) in [5, 5.41) is 0. The lowest BCUT2D eigenvalue weighted by molar-refractivity contribution is 0.301. The van der Waals surface area contributed by atoms with Crippen LogP contribution < -0.4 is 5.73 Å². The van der Waals surface area contributed by atoms with Crippen molar-refractivity contribution in [2.24, 2.45) is 11.1 Å². The van der Waals surface area contributed by atoms with E-state index >= 15 is 0 Å². The number of nitrogens with two attached hydrogens (primary N) is 1. The average molecular weight is 302 g/mol. The predicted molar refractivity (Wildman–Crippen MR) is 74.5 cm³/mol. The van der Waals surface area contributed by atoms with Crippen LogP contribution in [0.15, 0.2) is 22.7 Å². The van der Waals surface area contributed by atoms with E-state index in [1.165, 1.54) is 6.07 Å². The molecule has 17 heavy (non-hydrogen) atoms. The van der Waals surface area contributed by atoms with Crippen molar-refractivity contribution >= 4 is 15.9 Å². The topological polar surface area (TPSA) is 26.0 Å². The number of hydrogen-bond donors (Lipinski definition) is 1. The summed E-state index contributed by atoms with van der Waals surface area (Å²) in [5.74, 6) is -0.177. The molecule has 1 nitrogen and oxygen atoms in total. The van der Waals surface area contributed by atoms with Gasteiger partial charge in [-0.2, -0.15) is 0 Å². The van der Waals surface area contributed by atoms with Gasteiger partial charge in [0, 0.05) is 10.5 Å². The lowest BCUT2D eigenvalue weighted by Crippen LogP contribution is -2.34. The zero-order valence-electron chi connectivity index (χ0n) is 10.8. The molecule has 0 bridgehead atoms. The molecule has 96 valence electrons. The Morgan fingerprint density at radius 2 is 2.00 bits per heavy atom. The number of halogens is 2. The third-order valence-corrected chi connectivity index (χ3v) is 3.85. The van der Waals surface area contributed by atoms with E-state index in [1.807, 2.05) is 0 Å². The number of aryl methyl sites for hydroxylation is 1. The van der Waals surface area contributed by atoms with Crippen LogP contribution in [0.2, 0.25) is 0 Å². The lowest BCUT2D eigenvalue weighted by atomic mass is 9.84. The Balaban J connectivity index is 2.49. The van der Waals surface area contributed by atoms with E-state index in [0.29, 0.717) is 0 Å². The third-order valence-electron chi connectivity index (χ3n) is 3.08. The van der Waals surface area contributed by atoms with Crippen molar-refractivity contribution in [1.82, 2.24) is 0 Å². The molecule has 1 aromatic rings. The van der Waals surface area contributed by atoms with Crippen molar-refractivity contribution in [2.75, 3.05) is 0 Å². The van der Waals surface area contributed by atoms with Crippen molar-refractivity contribution in [3.05, 3.63) is 34.1 Å². The van der Waals surface area contributed by atoms with Gasteiger partial charge >= 0.3 is 0 Å². The fraction of sp³-hybridized carbons (Fsp3) is 0.571. The fourth-order valence-electron chi connectivity index (χ4n) is 1.68. The second kappa shape index (κ2) is 5.96. The Morgan fingerprint density at radius 1 is 1.35 bits per heavy atom. The lowest BCUT2D eigenvalue weighted by Gasteiger charge is -2.27. The normalized spacial score (nSPS) is 13.8.